The van der Waals surface area contributed by atoms with Crippen molar-refractivity contribution in [3.05, 3.63) is 54.1 Å². The minimum Gasteiger partial charge on any atom is -0.494 e. The molecule has 0 N–H and O–H groups in total. The maximum Gasteiger partial charge on any atom is 0.236 e. The topological polar surface area (TPSA) is 72.6 Å². The fraction of sp³-hybridized carbons (Fsp3) is 0.348. The maximum absolute atomic E-state index is 13.5. The van der Waals surface area contributed by atoms with E-state index in [9.17, 15) is 8.42 Å². The lowest BCUT2D eigenvalue weighted by Gasteiger charge is -2.26. The molecule has 7 heteroatoms. The molecule has 30 heavy (non-hydrogen) atoms. The molecule has 1 saturated heterocycles. The van der Waals surface area contributed by atoms with Gasteiger partial charge in [0.2, 0.25) is 26.6 Å². The average Bonchev–Trinajstić information content (AvgIpc) is 3.22. The molecule has 1 aromatic heterocycles. The van der Waals surface area contributed by atoms with Gasteiger partial charge in [-0.05, 0) is 69.5 Å². The number of oxazole rings is 1. The second-order valence-corrected chi connectivity index (χ2v) is 9.32. The van der Waals surface area contributed by atoms with Gasteiger partial charge < -0.3 is 14.1 Å². The number of aromatic nitrogens is 1. The minimum absolute atomic E-state index is 0.0239. The van der Waals surface area contributed by atoms with E-state index in [0.717, 1.165) is 43.5 Å². The van der Waals surface area contributed by atoms with Crippen molar-refractivity contribution in [1.82, 2.24) is 4.98 Å². The van der Waals surface area contributed by atoms with E-state index in [4.69, 9.17) is 9.15 Å². The van der Waals surface area contributed by atoms with Gasteiger partial charge in [-0.1, -0.05) is 17.7 Å². The molecule has 2 aromatic carbocycles. The molecular formula is C23H26N2O4S. The second kappa shape index (κ2) is 8.52. The van der Waals surface area contributed by atoms with Gasteiger partial charge in [0, 0.05) is 18.7 Å². The van der Waals surface area contributed by atoms with Gasteiger partial charge in [-0.2, -0.15) is 4.98 Å². The Kier molecular flexibility index (Phi) is 5.81. The number of rotatable bonds is 6. The number of ether oxygens (including phenoxy) is 1. The van der Waals surface area contributed by atoms with Crippen LogP contribution in [0, 0.1) is 6.92 Å². The third kappa shape index (κ3) is 4.07. The summed E-state index contributed by atoms with van der Waals surface area (Å²) in [6, 6.07) is 14.2. The molecule has 158 valence electrons. The first-order chi connectivity index (χ1) is 14.5. The van der Waals surface area contributed by atoms with Gasteiger partial charge in [-0.25, -0.2) is 8.42 Å². The molecule has 0 unspecified atom stereocenters. The summed E-state index contributed by atoms with van der Waals surface area (Å²) >= 11 is 0. The number of aryl methyl sites for hydroxylation is 1. The predicted octanol–water partition coefficient (Wildman–Crippen LogP) is 4.87. The van der Waals surface area contributed by atoms with E-state index in [2.05, 4.69) is 4.98 Å². The Morgan fingerprint density at radius 3 is 2.30 bits per heavy atom. The fourth-order valence-electron chi connectivity index (χ4n) is 3.58. The molecule has 4 rings (SSSR count). The summed E-state index contributed by atoms with van der Waals surface area (Å²) in [5, 5.41) is -0.0239. The Labute approximate surface area is 177 Å². The average molecular weight is 427 g/mol. The lowest BCUT2D eigenvalue weighted by molar-refractivity contribution is 0.340. The van der Waals surface area contributed by atoms with Crippen molar-refractivity contribution in [2.24, 2.45) is 0 Å². The van der Waals surface area contributed by atoms with E-state index < -0.39 is 9.84 Å². The second-order valence-electron chi connectivity index (χ2n) is 7.45. The van der Waals surface area contributed by atoms with Gasteiger partial charge in [-0.15, -0.1) is 0 Å². The summed E-state index contributed by atoms with van der Waals surface area (Å²) in [7, 11) is -3.85. The number of sulfone groups is 1. The molecule has 2 heterocycles. The van der Waals surface area contributed by atoms with Crippen molar-refractivity contribution in [2.75, 3.05) is 24.6 Å². The lowest BCUT2D eigenvalue weighted by Crippen LogP contribution is -2.30. The number of nitrogens with zero attached hydrogens (tertiary/aromatic N) is 2. The zero-order chi connectivity index (χ0) is 21.1. The molecule has 3 aromatic rings. The molecule has 1 fully saturated rings. The van der Waals surface area contributed by atoms with Crippen molar-refractivity contribution >= 4 is 15.7 Å². The van der Waals surface area contributed by atoms with Crippen LogP contribution in [0.4, 0.5) is 5.88 Å². The number of anilines is 1. The van der Waals surface area contributed by atoms with E-state index in [0.29, 0.717) is 24.1 Å². The van der Waals surface area contributed by atoms with E-state index >= 15 is 0 Å². The van der Waals surface area contributed by atoms with Crippen LogP contribution in [0.25, 0.3) is 11.5 Å². The maximum atomic E-state index is 13.5. The summed E-state index contributed by atoms with van der Waals surface area (Å²) < 4.78 is 38.4. The molecule has 0 atom stereocenters. The largest absolute Gasteiger partial charge is 0.494 e. The highest BCUT2D eigenvalue weighted by Crippen LogP contribution is 2.36. The predicted molar refractivity (Wildman–Crippen MR) is 116 cm³/mol. The zero-order valence-corrected chi connectivity index (χ0v) is 18.1. The summed E-state index contributed by atoms with van der Waals surface area (Å²) in [5.74, 6) is 1.28. The SMILES string of the molecule is CCOc1ccc(S(=O)(=O)c2nc(-c3ccc(C)cc3)oc2N2CCCCC2)cc1. The fourth-order valence-corrected chi connectivity index (χ4v) is 4.90. The highest BCUT2D eigenvalue weighted by atomic mass is 32.2. The summed E-state index contributed by atoms with van der Waals surface area (Å²) in [6.07, 6.45) is 3.14. The third-order valence-corrected chi connectivity index (χ3v) is 6.89. The Hall–Kier alpha value is -2.80. The normalized spacial score (nSPS) is 14.7. The molecule has 0 amide bonds. The first-order valence-electron chi connectivity index (χ1n) is 10.3. The van der Waals surface area contributed by atoms with Gasteiger partial charge in [-0.3, -0.25) is 0 Å². The molecular weight excluding hydrogens is 400 g/mol. The smallest absolute Gasteiger partial charge is 0.236 e. The Morgan fingerprint density at radius 1 is 1.00 bits per heavy atom. The first kappa shape index (κ1) is 20.5. The summed E-state index contributed by atoms with van der Waals surface area (Å²) in [4.78, 5) is 6.63. The Balaban J connectivity index is 1.78. The third-order valence-electron chi connectivity index (χ3n) is 5.22. The van der Waals surface area contributed by atoms with Crippen molar-refractivity contribution in [2.45, 2.75) is 43.0 Å². The van der Waals surface area contributed by atoms with E-state index in [1.165, 1.54) is 0 Å². The van der Waals surface area contributed by atoms with Crippen LogP contribution in [0.3, 0.4) is 0 Å². The van der Waals surface area contributed by atoms with Crippen molar-refractivity contribution in [1.29, 1.82) is 0 Å². The van der Waals surface area contributed by atoms with Crippen LogP contribution in [0.1, 0.15) is 31.7 Å². The number of benzene rings is 2. The van der Waals surface area contributed by atoms with Crippen LogP contribution in [0.2, 0.25) is 0 Å². The van der Waals surface area contributed by atoms with Gasteiger partial charge in [0.1, 0.15) is 5.75 Å². The molecule has 1 aliphatic rings. The van der Waals surface area contributed by atoms with Crippen LogP contribution in [0.5, 0.6) is 5.75 Å². The number of piperidine rings is 1. The van der Waals surface area contributed by atoms with Gasteiger partial charge in [0.05, 0.1) is 11.5 Å². The minimum atomic E-state index is -3.85. The van der Waals surface area contributed by atoms with Gasteiger partial charge >= 0.3 is 0 Å². The van der Waals surface area contributed by atoms with Gasteiger partial charge in [0.25, 0.3) is 0 Å². The summed E-state index contributed by atoms with van der Waals surface area (Å²) in [6.45, 7) is 5.93. The highest BCUT2D eigenvalue weighted by molar-refractivity contribution is 7.91. The Bertz CT molecular complexity index is 1100. The highest BCUT2D eigenvalue weighted by Gasteiger charge is 2.32. The quantitative estimate of drug-likeness (QED) is 0.560. The molecule has 0 aliphatic carbocycles. The van der Waals surface area contributed by atoms with Crippen LogP contribution in [-0.2, 0) is 9.84 Å². The van der Waals surface area contributed by atoms with E-state index in [1.54, 1.807) is 24.3 Å². The van der Waals surface area contributed by atoms with E-state index in [-0.39, 0.29) is 9.92 Å². The molecule has 0 spiro atoms. The van der Waals surface area contributed by atoms with Gasteiger partial charge in [0.15, 0.2) is 0 Å². The molecule has 0 bridgehead atoms. The van der Waals surface area contributed by atoms with Crippen LogP contribution >= 0.6 is 0 Å². The number of hydrogen-bond donors (Lipinski definition) is 0. The van der Waals surface area contributed by atoms with Crippen LogP contribution in [-0.4, -0.2) is 33.1 Å². The van der Waals surface area contributed by atoms with Crippen LogP contribution < -0.4 is 9.64 Å². The number of hydrogen-bond acceptors (Lipinski definition) is 6. The summed E-state index contributed by atoms with van der Waals surface area (Å²) in [5.41, 5.74) is 1.87. The molecule has 0 saturated carbocycles. The first-order valence-corrected chi connectivity index (χ1v) is 11.8. The molecule has 0 radical (unpaired) electrons. The van der Waals surface area contributed by atoms with Crippen molar-refractivity contribution in [3.63, 3.8) is 0 Å². The standard InChI is InChI=1S/C23H26N2O4S/c1-3-28-19-11-13-20(14-12-19)30(26,27)22-23(25-15-5-4-6-16-25)29-21(24-22)18-9-7-17(2)8-10-18/h7-14H,3-6,15-16H2,1-2H3. The monoisotopic (exact) mass is 426 g/mol. The van der Waals surface area contributed by atoms with Crippen LogP contribution in [0.15, 0.2) is 62.9 Å². The molecule has 6 nitrogen and oxygen atoms in total. The lowest BCUT2D eigenvalue weighted by atomic mass is 10.1. The van der Waals surface area contributed by atoms with E-state index in [1.807, 2.05) is 43.0 Å². The van der Waals surface area contributed by atoms with Crippen molar-refractivity contribution in [3.8, 4) is 17.2 Å². The van der Waals surface area contributed by atoms with Crippen molar-refractivity contribution < 1.29 is 17.6 Å². The zero-order valence-electron chi connectivity index (χ0n) is 17.3. The molecule has 1 aliphatic heterocycles. The Morgan fingerprint density at radius 2 is 1.67 bits per heavy atom.